The fourth-order valence-electron chi connectivity index (χ4n) is 3.13. The van der Waals surface area contributed by atoms with E-state index in [4.69, 9.17) is 11.6 Å². The van der Waals surface area contributed by atoms with E-state index < -0.39 is 0 Å². The summed E-state index contributed by atoms with van der Waals surface area (Å²) in [5, 5.41) is 4.46. The predicted octanol–water partition coefficient (Wildman–Crippen LogP) is 3.84. The Labute approximate surface area is 115 Å². The van der Waals surface area contributed by atoms with Crippen molar-refractivity contribution >= 4 is 11.6 Å². The van der Waals surface area contributed by atoms with Crippen molar-refractivity contribution in [3.8, 4) is 0 Å². The number of nitrogens with zero attached hydrogens (tertiary/aromatic N) is 1. The zero-order chi connectivity index (χ0) is 13.0. The van der Waals surface area contributed by atoms with Crippen LogP contribution in [-0.4, -0.2) is 17.6 Å². The van der Waals surface area contributed by atoms with Crippen molar-refractivity contribution in [2.24, 2.45) is 5.41 Å². The zero-order valence-corrected chi connectivity index (χ0v) is 12.1. The molecule has 18 heavy (non-hydrogen) atoms. The van der Waals surface area contributed by atoms with Crippen molar-refractivity contribution < 1.29 is 0 Å². The number of pyridine rings is 1. The third kappa shape index (κ3) is 3.04. The van der Waals surface area contributed by atoms with E-state index >= 15 is 0 Å². The van der Waals surface area contributed by atoms with Gasteiger partial charge < -0.3 is 5.32 Å². The van der Waals surface area contributed by atoms with Gasteiger partial charge >= 0.3 is 0 Å². The third-order valence-corrected chi connectivity index (χ3v) is 4.66. The van der Waals surface area contributed by atoms with Crippen LogP contribution in [0.5, 0.6) is 0 Å². The van der Waals surface area contributed by atoms with E-state index in [0.29, 0.717) is 11.5 Å². The average Bonchev–Trinajstić information content (AvgIpc) is 2.79. The molecule has 100 valence electrons. The molecule has 1 fully saturated rings. The van der Waals surface area contributed by atoms with Crippen LogP contribution in [0.25, 0.3) is 0 Å². The summed E-state index contributed by atoms with van der Waals surface area (Å²) < 4.78 is 0. The van der Waals surface area contributed by atoms with Gasteiger partial charge in [0, 0.05) is 18.4 Å². The van der Waals surface area contributed by atoms with Crippen LogP contribution in [0.2, 0.25) is 5.02 Å². The highest BCUT2D eigenvalue weighted by atomic mass is 35.5. The Balaban J connectivity index is 2.13. The lowest BCUT2D eigenvalue weighted by atomic mass is 9.78. The number of likely N-dealkylation sites (N-methyl/N-ethyl adjacent to an activating group) is 1. The molecule has 0 bridgehead atoms. The van der Waals surface area contributed by atoms with Crippen molar-refractivity contribution in [2.75, 3.05) is 6.54 Å². The van der Waals surface area contributed by atoms with E-state index in [9.17, 15) is 0 Å². The number of halogens is 1. The van der Waals surface area contributed by atoms with E-state index in [1.165, 1.54) is 31.2 Å². The molecule has 1 aliphatic rings. The largest absolute Gasteiger partial charge is 0.313 e. The topological polar surface area (TPSA) is 24.9 Å². The second-order valence-electron chi connectivity index (χ2n) is 5.64. The molecule has 1 unspecified atom stereocenters. The average molecular weight is 267 g/mol. The van der Waals surface area contributed by atoms with E-state index in [0.717, 1.165) is 18.0 Å². The molecule has 2 nitrogen and oxygen atoms in total. The molecule has 0 saturated heterocycles. The Morgan fingerprint density at radius 2 is 2.17 bits per heavy atom. The third-order valence-electron chi connectivity index (χ3n) is 4.32. The quantitative estimate of drug-likeness (QED) is 0.876. The van der Waals surface area contributed by atoms with E-state index in [-0.39, 0.29) is 0 Å². The van der Waals surface area contributed by atoms with Gasteiger partial charge in [0.2, 0.25) is 0 Å². The maximum Gasteiger partial charge on any atom is 0.0621 e. The van der Waals surface area contributed by atoms with Gasteiger partial charge in [-0.15, -0.1) is 0 Å². The zero-order valence-electron chi connectivity index (χ0n) is 11.4. The highest BCUT2D eigenvalue weighted by molar-refractivity contribution is 6.31. The van der Waals surface area contributed by atoms with Gasteiger partial charge in [-0.25, -0.2) is 0 Å². The summed E-state index contributed by atoms with van der Waals surface area (Å²) in [5.74, 6) is 0. The minimum atomic E-state index is 0.419. The summed E-state index contributed by atoms with van der Waals surface area (Å²) in [5.41, 5.74) is 1.63. The van der Waals surface area contributed by atoms with Gasteiger partial charge in [0.25, 0.3) is 0 Å². The number of nitrogens with one attached hydrogen (secondary N) is 1. The van der Waals surface area contributed by atoms with Crippen LogP contribution in [0, 0.1) is 5.41 Å². The SMILES string of the molecule is CCNC(Cc1ccncc1Cl)C1(C)CCCC1. The Hall–Kier alpha value is -0.600. The van der Waals surface area contributed by atoms with Gasteiger partial charge in [0.05, 0.1) is 5.02 Å². The molecule has 1 aliphatic carbocycles. The van der Waals surface area contributed by atoms with Gasteiger partial charge in [-0.3, -0.25) is 4.98 Å². The van der Waals surface area contributed by atoms with Crippen LogP contribution >= 0.6 is 11.6 Å². The Bertz CT molecular complexity index is 386. The summed E-state index contributed by atoms with van der Waals surface area (Å²) in [6.45, 7) is 5.62. The normalized spacial score (nSPS) is 19.9. The molecule has 1 aromatic rings. The molecule has 0 spiro atoms. The molecular formula is C15H23ClN2. The van der Waals surface area contributed by atoms with Crippen LogP contribution in [0.15, 0.2) is 18.5 Å². The predicted molar refractivity (Wildman–Crippen MR) is 77.0 cm³/mol. The first-order valence-electron chi connectivity index (χ1n) is 6.97. The van der Waals surface area contributed by atoms with Crippen molar-refractivity contribution in [3.05, 3.63) is 29.0 Å². The Morgan fingerprint density at radius 1 is 1.44 bits per heavy atom. The molecule has 1 aromatic heterocycles. The molecule has 1 heterocycles. The first kappa shape index (κ1) is 13.8. The fraction of sp³-hybridized carbons (Fsp3) is 0.667. The van der Waals surface area contributed by atoms with Crippen LogP contribution < -0.4 is 5.32 Å². The summed E-state index contributed by atoms with van der Waals surface area (Å²) in [7, 11) is 0. The number of rotatable bonds is 5. The van der Waals surface area contributed by atoms with Crippen LogP contribution in [0.4, 0.5) is 0 Å². The molecule has 0 amide bonds. The van der Waals surface area contributed by atoms with E-state index in [2.05, 4.69) is 24.1 Å². The van der Waals surface area contributed by atoms with Gasteiger partial charge in [-0.1, -0.05) is 38.3 Å². The molecule has 0 aliphatic heterocycles. The van der Waals surface area contributed by atoms with Crippen molar-refractivity contribution in [1.29, 1.82) is 0 Å². The van der Waals surface area contributed by atoms with Crippen LogP contribution in [-0.2, 0) is 6.42 Å². The molecule has 1 saturated carbocycles. The van der Waals surface area contributed by atoms with Crippen molar-refractivity contribution in [2.45, 2.75) is 52.0 Å². The summed E-state index contributed by atoms with van der Waals surface area (Å²) in [6.07, 6.45) is 9.97. The number of hydrogen-bond donors (Lipinski definition) is 1. The van der Waals surface area contributed by atoms with E-state index in [1.54, 1.807) is 6.20 Å². The van der Waals surface area contributed by atoms with Gasteiger partial charge in [-0.2, -0.15) is 0 Å². The lowest BCUT2D eigenvalue weighted by molar-refractivity contribution is 0.222. The standard InChI is InChI=1S/C15H23ClN2/c1-3-18-14(15(2)7-4-5-8-15)10-12-6-9-17-11-13(12)16/h6,9,11,14,18H,3-5,7-8,10H2,1-2H3. The Morgan fingerprint density at radius 3 is 2.78 bits per heavy atom. The minimum Gasteiger partial charge on any atom is -0.313 e. The maximum atomic E-state index is 6.23. The monoisotopic (exact) mass is 266 g/mol. The molecule has 2 rings (SSSR count). The molecule has 1 atom stereocenters. The van der Waals surface area contributed by atoms with Crippen LogP contribution in [0.3, 0.4) is 0 Å². The van der Waals surface area contributed by atoms with E-state index in [1.807, 2.05) is 12.3 Å². The van der Waals surface area contributed by atoms with Gasteiger partial charge in [0.1, 0.15) is 0 Å². The van der Waals surface area contributed by atoms with Gasteiger partial charge in [-0.05, 0) is 42.9 Å². The fourth-order valence-corrected chi connectivity index (χ4v) is 3.33. The first-order chi connectivity index (χ1) is 8.65. The van der Waals surface area contributed by atoms with Crippen LogP contribution in [0.1, 0.15) is 45.1 Å². The molecular weight excluding hydrogens is 244 g/mol. The minimum absolute atomic E-state index is 0.419. The smallest absolute Gasteiger partial charge is 0.0621 e. The molecule has 0 radical (unpaired) electrons. The lowest BCUT2D eigenvalue weighted by Gasteiger charge is -2.35. The number of hydrogen-bond acceptors (Lipinski definition) is 2. The summed E-state index contributed by atoms with van der Waals surface area (Å²) in [4.78, 5) is 4.06. The molecule has 3 heteroatoms. The molecule has 1 N–H and O–H groups in total. The number of aromatic nitrogens is 1. The lowest BCUT2D eigenvalue weighted by Crippen LogP contribution is -2.43. The highest BCUT2D eigenvalue weighted by Gasteiger charge is 2.36. The Kier molecular flexibility index (Phi) is 4.63. The first-order valence-corrected chi connectivity index (χ1v) is 7.35. The summed E-state index contributed by atoms with van der Waals surface area (Å²) in [6, 6.07) is 2.57. The van der Waals surface area contributed by atoms with Crippen molar-refractivity contribution in [3.63, 3.8) is 0 Å². The second kappa shape index (κ2) is 6.03. The second-order valence-corrected chi connectivity index (χ2v) is 6.05. The molecule has 0 aromatic carbocycles. The maximum absolute atomic E-state index is 6.23. The van der Waals surface area contributed by atoms with Gasteiger partial charge in [0.15, 0.2) is 0 Å². The highest BCUT2D eigenvalue weighted by Crippen LogP contribution is 2.41. The van der Waals surface area contributed by atoms with Crippen molar-refractivity contribution in [1.82, 2.24) is 10.3 Å². The summed E-state index contributed by atoms with van der Waals surface area (Å²) >= 11 is 6.23.